The van der Waals surface area contributed by atoms with Crippen LogP contribution in [0.5, 0.6) is 0 Å². The Kier molecular flexibility index (Phi) is 2.50. The molecule has 1 N–H and O–H groups in total. The van der Waals surface area contributed by atoms with Crippen LogP contribution in [0, 0.1) is 5.92 Å². The molecule has 0 aromatic carbocycles. The molecule has 4 nitrogen and oxygen atoms in total. The maximum absolute atomic E-state index is 10.7. The van der Waals surface area contributed by atoms with Gasteiger partial charge in [-0.25, -0.2) is 0 Å². The maximum atomic E-state index is 10.7. The van der Waals surface area contributed by atoms with Crippen molar-refractivity contribution in [3.63, 3.8) is 0 Å². The van der Waals surface area contributed by atoms with E-state index in [1.165, 1.54) is 23.1 Å². The van der Waals surface area contributed by atoms with Crippen LogP contribution < -0.4 is 0 Å². The zero-order valence-electron chi connectivity index (χ0n) is 6.71. The third kappa shape index (κ3) is 1.83. The molecule has 1 aliphatic carbocycles. The number of carboxylic acid groups (broad SMARTS) is 1. The second-order valence-electron chi connectivity index (χ2n) is 2.88. The lowest BCUT2D eigenvalue weighted by atomic mass is 9.85. The summed E-state index contributed by atoms with van der Waals surface area (Å²) in [6, 6.07) is 0. The fourth-order valence-electron chi connectivity index (χ4n) is 1.24. The largest absolute Gasteiger partial charge is 0.481 e. The van der Waals surface area contributed by atoms with E-state index in [1.54, 1.807) is 5.51 Å². The van der Waals surface area contributed by atoms with E-state index in [9.17, 15) is 4.79 Å². The second-order valence-corrected chi connectivity index (χ2v) is 5.20. The zero-order valence-corrected chi connectivity index (χ0v) is 8.35. The molecule has 0 spiro atoms. The van der Waals surface area contributed by atoms with Crippen LogP contribution in [0.15, 0.2) is 9.85 Å². The number of aromatic nitrogens is 2. The molecule has 0 aliphatic heterocycles. The lowest BCUT2D eigenvalue weighted by molar-refractivity contribution is -0.144. The van der Waals surface area contributed by atoms with Gasteiger partial charge in [-0.05, 0) is 12.8 Å². The van der Waals surface area contributed by atoms with E-state index < -0.39 is 5.97 Å². The number of hydrogen-bond donors (Lipinski definition) is 1. The van der Waals surface area contributed by atoms with Crippen LogP contribution in [0.25, 0.3) is 0 Å². The molecule has 0 radical (unpaired) electrons. The molecular weight excluding hydrogens is 208 g/mol. The minimum absolute atomic E-state index is 0.186. The normalized spacial score (nSPS) is 26.8. The molecule has 1 heterocycles. The van der Waals surface area contributed by atoms with Crippen LogP contribution in [0.4, 0.5) is 0 Å². The Balaban J connectivity index is 1.93. The highest BCUT2D eigenvalue weighted by molar-refractivity contribution is 8.01. The van der Waals surface area contributed by atoms with Gasteiger partial charge in [0, 0.05) is 5.25 Å². The molecule has 1 saturated carbocycles. The predicted octanol–water partition coefficient (Wildman–Crippen LogP) is 1.49. The van der Waals surface area contributed by atoms with E-state index in [4.69, 9.17) is 5.11 Å². The molecule has 1 aromatic rings. The molecule has 6 heteroatoms. The fourth-order valence-corrected chi connectivity index (χ4v) is 3.26. The van der Waals surface area contributed by atoms with Crippen molar-refractivity contribution in [1.82, 2.24) is 10.2 Å². The molecule has 0 amide bonds. The molecule has 2 unspecified atom stereocenters. The standard InChI is InChI=1S/C7H8N2O2S2/c10-6(11)4-1-2-5(4)13-7-9-8-3-12-7/h3-5H,1-2H2,(H,10,11). The highest BCUT2D eigenvalue weighted by Gasteiger charge is 2.37. The number of carboxylic acids is 1. The van der Waals surface area contributed by atoms with Crippen molar-refractivity contribution >= 4 is 29.1 Å². The van der Waals surface area contributed by atoms with Crippen LogP contribution in [0.3, 0.4) is 0 Å². The second kappa shape index (κ2) is 3.63. The quantitative estimate of drug-likeness (QED) is 0.829. The van der Waals surface area contributed by atoms with Crippen LogP contribution in [-0.2, 0) is 4.79 Å². The molecule has 1 fully saturated rings. The predicted molar refractivity (Wildman–Crippen MR) is 49.9 cm³/mol. The third-order valence-corrected chi connectivity index (χ3v) is 4.33. The first-order valence-electron chi connectivity index (χ1n) is 3.93. The van der Waals surface area contributed by atoms with Gasteiger partial charge in [0.2, 0.25) is 0 Å². The van der Waals surface area contributed by atoms with Crippen molar-refractivity contribution in [2.24, 2.45) is 5.92 Å². The van der Waals surface area contributed by atoms with Crippen LogP contribution >= 0.6 is 23.1 Å². The number of aliphatic carboxylic acids is 1. The van der Waals surface area contributed by atoms with E-state index in [2.05, 4.69) is 10.2 Å². The van der Waals surface area contributed by atoms with Crippen molar-refractivity contribution in [1.29, 1.82) is 0 Å². The highest BCUT2D eigenvalue weighted by Crippen LogP contribution is 2.41. The van der Waals surface area contributed by atoms with Gasteiger partial charge in [0.1, 0.15) is 5.51 Å². The summed E-state index contributed by atoms with van der Waals surface area (Å²) >= 11 is 3.00. The molecule has 1 aliphatic rings. The van der Waals surface area contributed by atoms with Crippen molar-refractivity contribution in [2.45, 2.75) is 22.4 Å². The minimum Gasteiger partial charge on any atom is -0.481 e. The van der Waals surface area contributed by atoms with Gasteiger partial charge in [-0.3, -0.25) is 4.79 Å². The molecule has 70 valence electrons. The molecule has 1 aromatic heterocycles. The minimum atomic E-state index is -0.687. The van der Waals surface area contributed by atoms with Crippen molar-refractivity contribution in [3.8, 4) is 0 Å². The number of nitrogens with zero attached hydrogens (tertiary/aromatic N) is 2. The van der Waals surface area contributed by atoms with Gasteiger partial charge >= 0.3 is 5.97 Å². The fraction of sp³-hybridized carbons (Fsp3) is 0.571. The Morgan fingerprint density at radius 1 is 1.69 bits per heavy atom. The van der Waals surface area contributed by atoms with Crippen molar-refractivity contribution in [2.75, 3.05) is 0 Å². The summed E-state index contributed by atoms with van der Waals surface area (Å²) in [6.07, 6.45) is 1.77. The van der Waals surface area contributed by atoms with Gasteiger partial charge in [-0.1, -0.05) is 23.1 Å². The van der Waals surface area contributed by atoms with Gasteiger partial charge in [0.25, 0.3) is 0 Å². The first kappa shape index (κ1) is 8.96. The van der Waals surface area contributed by atoms with Crippen LogP contribution in [0.1, 0.15) is 12.8 Å². The van der Waals surface area contributed by atoms with Crippen LogP contribution in [-0.4, -0.2) is 26.5 Å². The molecular formula is C7H8N2O2S2. The smallest absolute Gasteiger partial charge is 0.307 e. The molecule has 2 atom stereocenters. The monoisotopic (exact) mass is 216 g/mol. The summed E-state index contributed by atoms with van der Waals surface area (Å²) in [4.78, 5) is 10.7. The summed E-state index contributed by atoms with van der Waals surface area (Å²) in [5.74, 6) is -0.873. The van der Waals surface area contributed by atoms with Gasteiger partial charge < -0.3 is 5.11 Å². The summed E-state index contributed by atoms with van der Waals surface area (Å²) in [6.45, 7) is 0. The third-order valence-electron chi connectivity index (χ3n) is 2.12. The molecule has 2 rings (SSSR count). The molecule has 13 heavy (non-hydrogen) atoms. The zero-order chi connectivity index (χ0) is 9.26. The number of thioether (sulfide) groups is 1. The van der Waals surface area contributed by atoms with E-state index in [-0.39, 0.29) is 11.2 Å². The first-order valence-corrected chi connectivity index (χ1v) is 5.69. The Bertz CT molecular complexity index is 301. The van der Waals surface area contributed by atoms with Gasteiger partial charge in [-0.2, -0.15) is 0 Å². The lowest BCUT2D eigenvalue weighted by Gasteiger charge is -2.31. The Hall–Kier alpha value is -0.620. The average molecular weight is 216 g/mol. The van der Waals surface area contributed by atoms with E-state index in [0.717, 1.165) is 17.2 Å². The van der Waals surface area contributed by atoms with Crippen molar-refractivity contribution in [3.05, 3.63) is 5.51 Å². The number of hydrogen-bond acceptors (Lipinski definition) is 5. The molecule has 0 bridgehead atoms. The van der Waals surface area contributed by atoms with Gasteiger partial charge in [0.15, 0.2) is 4.34 Å². The average Bonchev–Trinajstić information content (AvgIpc) is 2.48. The van der Waals surface area contributed by atoms with E-state index >= 15 is 0 Å². The Morgan fingerprint density at radius 2 is 2.54 bits per heavy atom. The first-order chi connectivity index (χ1) is 6.27. The topological polar surface area (TPSA) is 63.1 Å². The highest BCUT2D eigenvalue weighted by atomic mass is 32.2. The Morgan fingerprint density at radius 3 is 3.00 bits per heavy atom. The summed E-state index contributed by atoms with van der Waals surface area (Å²) in [7, 11) is 0. The summed E-state index contributed by atoms with van der Waals surface area (Å²) < 4.78 is 0.871. The Labute approximate surface area is 83.4 Å². The number of rotatable bonds is 3. The van der Waals surface area contributed by atoms with E-state index in [0.29, 0.717) is 0 Å². The van der Waals surface area contributed by atoms with Gasteiger partial charge in [-0.15, -0.1) is 10.2 Å². The van der Waals surface area contributed by atoms with Gasteiger partial charge in [0.05, 0.1) is 5.92 Å². The van der Waals surface area contributed by atoms with Crippen molar-refractivity contribution < 1.29 is 9.90 Å². The van der Waals surface area contributed by atoms with Crippen LogP contribution in [0.2, 0.25) is 0 Å². The maximum Gasteiger partial charge on any atom is 0.307 e. The number of carbonyl (C=O) groups is 1. The summed E-state index contributed by atoms with van der Waals surface area (Å²) in [5, 5.41) is 16.6. The lowest BCUT2D eigenvalue weighted by Crippen LogP contribution is -2.35. The SMILES string of the molecule is O=C(O)C1CCC1Sc1nncs1. The molecule has 0 saturated heterocycles. The summed E-state index contributed by atoms with van der Waals surface area (Å²) in [5.41, 5.74) is 1.66. The van der Waals surface area contributed by atoms with E-state index in [1.807, 2.05) is 0 Å².